The minimum Gasteiger partial charge on any atom is -0.314 e. The predicted octanol–water partition coefficient (Wildman–Crippen LogP) is 4.44. The summed E-state index contributed by atoms with van der Waals surface area (Å²) in [6.45, 7) is 7.67. The summed E-state index contributed by atoms with van der Waals surface area (Å²) in [4.78, 5) is 0. The van der Waals surface area contributed by atoms with Gasteiger partial charge < -0.3 is 5.32 Å². The minimum absolute atomic E-state index is 0.218. The van der Waals surface area contributed by atoms with Crippen LogP contribution in [0.1, 0.15) is 39.2 Å². The lowest BCUT2D eigenvalue weighted by Gasteiger charge is -2.22. The smallest absolute Gasteiger partial charge is 0.141 e. The van der Waals surface area contributed by atoms with Crippen molar-refractivity contribution in [3.63, 3.8) is 0 Å². The third kappa shape index (κ3) is 4.95. The number of nitrogens with one attached hydrogen (secondary N) is 1. The fraction of sp³-hybridized carbons (Fsp3) is 0.600. The van der Waals surface area contributed by atoms with Crippen molar-refractivity contribution < 1.29 is 4.39 Å². The fourth-order valence-corrected chi connectivity index (χ4v) is 2.22. The molecular weight excluding hydrogens is 249 g/mol. The second-order valence-corrected chi connectivity index (χ2v) is 5.50. The largest absolute Gasteiger partial charge is 0.314 e. The Morgan fingerprint density at radius 1 is 1.33 bits per heavy atom. The molecule has 0 fully saturated rings. The summed E-state index contributed by atoms with van der Waals surface area (Å²) in [7, 11) is 0. The first-order valence-electron chi connectivity index (χ1n) is 6.72. The van der Waals surface area contributed by atoms with Crippen LogP contribution in [0, 0.1) is 11.7 Å². The van der Waals surface area contributed by atoms with Gasteiger partial charge in [-0.2, -0.15) is 0 Å². The van der Waals surface area contributed by atoms with Crippen LogP contribution in [-0.2, 0) is 6.42 Å². The summed E-state index contributed by atoms with van der Waals surface area (Å²) in [5.41, 5.74) is 1.10. The zero-order valence-electron chi connectivity index (χ0n) is 11.5. The fourth-order valence-electron chi connectivity index (χ4n) is 2.02. The molecule has 0 spiro atoms. The van der Waals surface area contributed by atoms with Gasteiger partial charge in [0.2, 0.25) is 0 Å². The van der Waals surface area contributed by atoms with E-state index < -0.39 is 0 Å². The minimum atomic E-state index is -0.343. The van der Waals surface area contributed by atoms with Gasteiger partial charge in [-0.15, -0.1) is 0 Å². The number of benzene rings is 1. The van der Waals surface area contributed by atoms with E-state index in [4.69, 9.17) is 11.6 Å². The lowest BCUT2D eigenvalue weighted by Crippen LogP contribution is -2.34. The molecule has 0 saturated carbocycles. The van der Waals surface area contributed by atoms with Crippen LogP contribution in [0.3, 0.4) is 0 Å². The van der Waals surface area contributed by atoms with Crippen molar-refractivity contribution in [1.29, 1.82) is 0 Å². The number of hydrogen-bond acceptors (Lipinski definition) is 1. The topological polar surface area (TPSA) is 12.0 Å². The van der Waals surface area contributed by atoms with Crippen LogP contribution in [-0.4, -0.2) is 12.6 Å². The molecular formula is C15H23ClFN. The zero-order chi connectivity index (χ0) is 13.5. The van der Waals surface area contributed by atoms with Crippen LogP contribution in [0.25, 0.3) is 0 Å². The lowest BCUT2D eigenvalue weighted by atomic mass is 9.96. The predicted molar refractivity (Wildman–Crippen MR) is 76.7 cm³/mol. The van der Waals surface area contributed by atoms with Crippen molar-refractivity contribution in [2.75, 3.05) is 6.54 Å². The highest BCUT2D eigenvalue weighted by atomic mass is 35.5. The Morgan fingerprint density at radius 2 is 2.06 bits per heavy atom. The van der Waals surface area contributed by atoms with E-state index in [1.807, 2.05) is 6.07 Å². The number of rotatable bonds is 7. The van der Waals surface area contributed by atoms with Crippen molar-refractivity contribution in [2.45, 2.75) is 46.1 Å². The number of aryl methyl sites for hydroxylation is 1. The quantitative estimate of drug-likeness (QED) is 0.773. The van der Waals surface area contributed by atoms with Crippen molar-refractivity contribution in [2.24, 2.45) is 5.92 Å². The molecule has 1 unspecified atom stereocenters. The van der Waals surface area contributed by atoms with Gasteiger partial charge in [0, 0.05) is 6.04 Å². The van der Waals surface area contributed by atoms with Gasteiger partial charge in [-0.05, 0) is 49.4 Å². The second kappa shape index (κ2) is 7.75. The monoisotopic (exact) mass is 271 g/mol. The molecule has 1 N–H and O–H groups in total. The van der Waals surface area contributed by atoms with Crippen LogP contribution in [0.2, 0.25) is 5.02 Å². The molecule has 1 aromatic rings. The van der Waals surface area contributed by atoms with Gasteiger partial charge in [0.15, 0.2) is 0 Å². The summed E-state index contributed by atoms with van der Waals surface area (Å²) in [5, 5.41) is 3.78. The molecule has 1 nitrogen and oxygen atoms in total. The van der Waals surface area contributed by atoms with E-state index in [9.17, 15) is 4.39 Å². The normalized spacial score (nSPS) is 13.0. The Kier molecular flexibility index (Phi) is 6.66. The first-order valence-corrected chi connectivity index (χ1v) is 7.09. The summed E-state index contributed by atoms with van der Waals surface area (Å²) in [6.07, 6.45) is 3.13. The summed E-state index contributed by atoms with van der Waals surface area (Å²) in [5.74, 6) is 0.261. The van der Waals surface area contributed by atoms with E-state index in [0.29, 0.717) is 12.0 Å². The Bertz CT molecular complexity index is 366. The molecule has 0 heterocycles. The Hall–Kier alpha value is -0.600. The molecule has 0 aliphatic carbocycles. The van der Waals surface area contributed by atoms with Gasteiger partial charge in [0.05, 0.1) is 5.02 Å². The number of halogens is 2. The highest BCUT2D eigenvalue weighted by Gasteiger charge is 2.12. The van der Waals surface area contributed by atoms with Crippen LogP contribution >= 0.6 is 11.6 Å². The van der Waals surface area contributed by atoms with Crippen molar-refractivity contribution in [3.05, 3.63) is 34.6 Å². The zero-order valence-corrected chi connectivity index (χ0v) is 12.2. The number of hydrogen-bond donors (Lipinski definition) is 1. The summed E-state index contributed by atoms with van der Waals surface area (Å²) in [6, 6.07) is 5.50. The van der Waals surface area contributed by atoms with E-state index in [0.717, 1.165) is 31.4 Å². The SMILES string of the molecule is CCCNC(CCc1ccc(F)c(Cl)c1)C(C)C. The van der Waals surface area contributed by atoms with Gasteiger partial charge in [0.1, 0.15) is 5.82 Å². The molecule has 18 heavy (non-hydrogen) atoms. The molecule has 0 amide bonds. The Morgan fingerprint density at radius 3 is 2.61 bits per heavy atom. The maximum atomic E-state index is 13.0. The molecule has 102 valence electrons. The third-order valence-electron chi connectivity index (χ3n) is 3.19. The third-order valence-corrected chi connectivity index (χ3v) is 3.48. The van der Waals surface area contributed by atoms with Crippen molar-refractivity contribution in [1.82, 2.24) is 5.32 Å². The van der Waals surface area contributed by atoms with Crippen LogP contribution < -0.4 is 5.32 Å². The molecule has 0 aliphatic rings. The van der Waals surface area contributed by atoms with Crippen LogP contribution in [0.15, 0.2) is 18.2 Å². The lowest BCUT2D eigenvalue weighted by molar-refractivity contribution is 0.378. The van der Waals surface area contributed by atoms with Gasteiger partial charge in [-0.1, -0.05) is 38.4 Å². The van der Waals surface area contributed by atoms with E-state index >= 15 is 0 Å². The first kappa shape index (κ1) is 15.5. The van der Waals surface area contributed by atoms with Crippen molar-refractivity contribution >= 4 is 11.6 Å². The molecule has 0 aliphatic heterocycles. The molecule has 0 bridgehead atoms. The molecule has 1 rings (SSSR count). The summed E-state index contributed by atoms with van der Waals surface area (Å²) >= 11 is 5.78. The summed E-state index contributed by atoms with van der Waals surface area (Å²) < 4.78 is 13.0. The van der Waals surface area contributed by atoms with Crippen LogP contribution in [0.5, 0.6) is 0 Å². The van der Waals surface area contributed by atoms with Gasteiger partial charge in [-0.3, -0.25) is 0 Å². The van der Waals surface area contributed by atoms with E-state index in [1.54, 1.807) is 6.07 Å². The maximum absolute atomic E-state index is 13.0. The van der Waals surface area contributed by atoms with Crippen LogP contribution in [0.4, 0.5) is 4.39 Å². The molecule has 1 atom stereocenters. The Balaban J connectivity index is 2.52. The molecule has 3 heteroatoms. The molecule has 0 radical (unpaired) electrons. The van der Waals surface area contributed by atoms with Gasteiger partial charge in [0.25, 0.3) is 0 Å². The maximum Gasteiger partial charge on any atom is 0.141 e. The molecule has 1 aromatic carbocycles. The van der Waals surface area contributed by atoms with E-state index in [2.05, 4.69) is 26.1 Å². The average Bonchev–Trinajstić information content (AvgIpc) is 2.33. The highest BCUT2D eigenvalue weighted by molar-refractivity contribution is 6.30. The molecule has 0 saturated heterocycles. The second-order valence-electron chi connectivity index (χ2n) is 5.09. The average molecular weight is 272 g/mol. The standard InChI is InChI=1S/C15H23ClFN/c1-4-9-18-15(11(2)3)8-6-12-5-7-14(17)13(16)10-12/h5,7,10-11,15,18H,4,6,8-9H2,1-3H3. The van der Waals surface area contributed by atoms with E-state index in [1.165, 1.54) is 6.07 Å². The van der Waals surface area contributed by atoms with E-state index in [-0.39, 0.29) is 10.8 Å². The van der Waals surface area contributed by atoms with Crippen molar-refractivity contribution in [3.8, 4) is 0 Å². The first-order chi connectivity index (χ1) is 8.54. The highest BCUT2D eigenvalue weighted by Crippen LogP contribution is 2.18. The van der Waals surface area contributed by atoms with Gasteiger partial charge in [-0.25, -0.2) is 4.39 Å². The van der Waals surface area contributed by atoms with Gasteiger partial charge >= 0.3 is 0 Å². The molecule has 0 aromatic heterocycles. The Labute approximate surface area is 115 Å².